The normalized spacial score (nSPS) is 11.7. The number of nitrogen functional groups attached to an aromatic ring is 1. The van der Waals surface area contributed by atoms with Crippen molar-refractivity contribution in [2.75, 3.05) is 11.5 Å². The van der Waals surface area contributed by atoms with Crippen molar-refractivity contribution < 1.29 is 9.90 Å². The Morgan fingerprint density at radius 3 is 2.87 bits per heavy atom. The maximum Gasteiger partial charge on any atom is 0.330 e. The van der Waals surface area contributed by atoms with Crippen molar-refractivity contribution in [1.29, 1.82) is 0 Å². The second-order valence-electron chi connectivity index (χ2n) is 2.93. The third kappa shape index (κ3) is 3.56. The SMILES string of the molecule is CC(=CCSc1sc(N)nc1C)C(=O)O. The molecule has 4 nitrogen and oxygen atoms in total. The van der Waals surface area contributed by atoms with Gasteiger partial charge in [0, 0.05) is 11.3 Å². The van der Waals surface area contributed by atoms with Crippen molar-refractivity contribution in [3.05, 3.63) is 17.3 Å². The number of thiazole rings is 1. The van der Waals surface area contributed by atoms with Crippen LogP contribution in [-0.4, -0.2) is 21.8 Å². The highest BCUT2D eigenvalue weighted by atomic mass is 32.2. The topological polar surface area (TPSA) is 76.2 Å². The third-order valence-electron chi connectivity index (χ3n) is 1.71. The van der Waals surface area contributed by atoms with E-state index in [1.54, 1.807) is 24.8 Å². The van der Waals surface area contributed by atoms with E-state index in [-0.39, 0.29) is 0 Å². The van der Waals surface area contributed by atoms with Crippen molar-refractivity contribution in [2.24, 2.45) is 0 Å². The van der Waals surface area contributed by atoms with Crippen LogP contribution in [0.4, 0.5) is 5.13 Å². The van der Waals surface area contributed by atoms with E-state index < -0.39 is 5.97 Å². The van der Waals surface area contributed by atoms with Gasteiger partial charge in [0.2, 0.25) is 0 Å². The van der Waals surface area contributed by atoms with E-state index in [1.165, 1.54) is 11.3 Å². The molecule has 0 aromatic carbocycles. The largest absolute Gasteiger partial charge is 0.478 e. The average Bonchev–Trinajstić information content (AvgIpc) is 2.45. The maximum atomic E-state index is 10.5. The zero-order valence-corrected chi connectivity index (χ0v) is 10.1. The molecule has 0 saturated heterocycles. The Hall–Kier alpha value is -1.01. The number of hydrogen-bond donors (Lipinski definition) is 2. The number of aliphatic carboxylic acids is 1. The summed E-state index contributed by atoms with van der Waals surface area (Å²) in [6, 6.07) is 0. The first-order valence-electron chi connectivity index (χ1n) is 4.26. The summed E-state index contributed by atoms with van der Waals surface area (Å²) in [4.78, 5) is 14.6. The molecule has 6 heteroatoms. The van der Waals surface area contributed by atoms with Crippen LogP contribution in [0.1, 0.15) is 12.6 Å². The lowest BCUT2D eigenvalue weighted by Crippen LogP contribution is -1.96. The monoisotopic (exact) mass is 244 g/mol. The van der Waals surface area contributed by atoms with Crippen LogP contribution >= 0.6 is 23.1 Å². The molecule has 0 aliphatic heterocycles. The van der Waals surface area contributed by atoms with Gasteiger partial charge in [-0.1, -0.05) is 17.4 Å². The van der Waals surface area contributed by atoms with Gasteiger partial charge in [-0.2, -0.15) is 0 Å². The van der Waals surface area contributed by atoms with Gasteiger partial charge >= 0.3 is 5.97 Å². The lowest BCUT2D eigenvalue weighted by molar-refractivity contribution is -0.132. The minimum atomic E-state index is -0.879. The van der Waals surface area contributed by atoms with E-state index in [9.17, 15) is 4.79 Å². The first-order chi connectivity index (χ1) is 7.00. The highest BCUT2D eigenvalue weighted by Gasteiger charge is 2.05. The molecule has 1 aromatic heterocycles. The number of carboxylic acid groups (broad SMARTS) is 1. The predicted molar refractivity (Wildman–Crippen MR) is 63.4 cm³/mol. The highest BCUT2D eigenvalue weighted by molar-refractivity contribution is 8.01. The molecule has 0 aliphatic carbocycles. The number of carboxylic acids is 1. The molecule has 1 heterocycles. The predicted octanol–water partition coefficient (Wildman–Crippen LogP) is 2.16. The van der Waals surface area contributed by atoms with E-state index in [4.69, 9.17) is 10.8 Å². The summed E-state index contributed by atoms with van der Waals surface area (Å²) >= 11 is 2.98. The van der Waals surface area contributed by atoms with Crippen LogP contribution in [0.25, 0.3) is 0 Å². The van der Waals surface area contributed by atoms with E-state index in [2.05, 4.69) is 4.98 Å². The van der Waals surface area contributed by atoms with Crippen LogP contribution in [0.2, 0.25) is 0 Å². The van der Waals surface area contributed by atoms with E-state index >= 15 is 0 Å². The fourth-order valence-corrected chi connectivity index (χ4v) is 2.87. The number of aromatic nitrogens is 1. The molecule has 1 aromatic rings. The summed E-state index contributed by atoms with van der Waals surface area (Å²) in [5.74, 6) is -0.253. The first kappa shape index (κ1) is 12.1. The summed E-state index contributed by atoms with van der Waals surface area (Å²) < 4.78 is 1.04. The van der Waals surface area contributed by atoms with Gasteiger partial charge in [-0.15, -0.1) is 11.8 Å². The van der Waals surface area contributed by atoms with Crippen LogP contribution in [-0.2, 0) is 4.79 Å². The molecule has 0 unspecified atom stereocenters. The van der Waals surface area contributed by atoms with Crippen molar-refractivity contribution in [2.45, 2.75) is 18.1 Å². The first-order valence-corrected chi connectivity index (χ1v) is 6.06. The van der Waals surface area contributed by atoms with Crippen LogP contribution < -0.4 is 5.73 Å². The van der Waals surface area contributed by atoms with E-state index in [1.807, 2.05) is 6.92 Å². The lowest BCUT2D eigenvalue weighted by atomic mass is 10.3. The van der Waals surface area contributed by atoms with Crippen LogP contribution in [0.5, 0.6) is 0 Å². The van der Waals surface area contributed by atoms with E-state index in [0.29, 0.717) is 16.5 Å². The van der Waals surface area contributed by atoms with Gasteiger partial charge in [0.15, 0.2) is 5.13 Å². The Morgan fingerprint density at radius 2 is 2.40 bits per heavy atom. The van der Waals surface area contributed by atoms with Crippen molar-refractivity contribution in [1.82, 2.24) is 4.98 Å². The summed E-state index contributed by atoms with van der Waals surface area (Å²) in [5, 5.41) is 9.18. The number of rotatable bonds is 4. The minimum Gasteiger partial charge on any atom is -0.478 e. The molecule has 1 rings (SSSR count). The van der Waals surface area contributed by atoms with Gasteiger partial charge in [-0.05, 0) is 13.8 Å². The minimum absolute atomic E-state index is 0.359. The number of hydrogen-bond acceptors (Lipinski definition) is 5. The molecule has 0 radical (unpaired) electrons. The Balaban J connectivity index is 2.55. The molecule has 3 N–H and O–H groups in total. The van der Waals surface area contributed by atoms with Gasteiger partial charge in [0.1, 0.15) is 0 Å². The summed E-state index contributed by atoms with van der Waals surface area (Å²) in [6.07, 6.45) is 1.68. The zero-order valence-electron chi connectivity index (χ0n) is 8.48. The highest BCUT2D eigenvalue weighted by Crippen LogP contribution is 2.30. The molecule has 0 bridgehead atoms. The number of anilines is 1. The quantitative estimate of drug-likeness (QED) is 0.627. The van der Waals surface area contributed by atoms with Gasteiger partial charge < -0.3 is 10.8 Å². The summed E-state index contributed by atoms with van der Waals surface area (Å²) in [7, 11) is 0. The third-order valence-corrected chi connectivity index (χ3v) is 3.99. The standard InChI is InChI=1S/C9H12N2O2S2/c1-5(7(12)13)3-4-14-8-6(2)11-9(10)15-8/h3H,4H2,1-2H3,(H2,10,11)(H,12,13). The molecule has 82 valence electrons. The smallest absolute Gasteiger partial charge is 0.330 e. The Kier molecular flexibility index (Phi) is 4.16. The molecule has 0 atom stereocenters. The van der Waals surface area contributed by atoms with Crippen LogP contribution in [0.15, 0.2) is 15.9 Å². The van der Waals surface area contributed by atoms with Gasteiger partial charge in [0.05, 0.1) is 9.90 Å². The second kappa shape index (κ2) is 5.18. The van der Waals surface area contributed by atoms with Crippen molar-refractivity contribution >= 4 is 34.2 Å². The Morgan fingerprint density at radius 1 is 1.73 bits per heavy atom. The molecule has 0 fully saturated rings. The average molecular weight is 244 g/mol. The van der Waals surface area contributed by atoms with Crippen molar-refractivity contribution in [3.63, 3.8) is 0 Å². The molecule has 0 aliphatic rings. The number of aryl methyl sites for hydroxylation is 1. The lowest BCUT2D eigenvalue weighted by Gasteiger charge is -1.95. The Bertz CT molecular complexity index is 399. The van der Waals surface area contributed by atoms with Crippen molar-refractivity contribution in [3.8, 4) is 0 Å². The summed E-state index contributed by atoms with van der Waals surface area (Å²) in [6.45, 7) is 3.47. The van der Waals surface area contributed by atoms with E-state index in [0.717, 1.165) is 9.90 Å². The fraction of sp³-hybridized carbons (Fsp3) is 0.333. The molecular formula is C9H12N2O2S2. The fourth-order valence-electron chi connectivity index (χ4n) is 0.866. The molecular weight excluding hydrogens is 232 g/mol. The Labute approximate surface area is 96.2 Å². The van der Waals surface area contributed by atoms with Crippen LogP contribution in [0, 0.1) is 6.92 Å². The number of carbonyl (C=O) groups is 1. The molecule has 15 heavy (non-hydrogen) atoms. The van der Waals surface area contributed by atoms with Crippen LogP contribution in [0.3, 0.4) is 0 Å². The zero-order chi connectivity index (χ0) is 11.4. The maximum absolute atomic E-state index is 10.5. The summed E-state index contributed by atoms with van der Waals surface area (Å²) in [5.41, 5.74) is 6.81. The number of thioether (sulfide) groups is 1. The molecule has 0 saturated carbocycles. The van der Waals surface area contributed by atoms with Gasteiger partial charge in [-0.3, -0.25) is 0 Å². The van der Waals surface area contributed by atoms with Gasteiger partial charge in [0.25, 0.3) is 0 Å². The second-order valence-corrected chi connectivity index (χ2v) is 5.25. The number of nitrogens with zero attached hydrogens (tertiary/aromatic N) is 1. The number of nitrogens with two attached hydrogens (primary N) is 1. The molecule has 0 spiro atoms. The van der Waals surface area contributed by atoms with Gasteiger partial charge in [-0.25, -0.2) is 9.78 Å². The molecule has 0 amide bonds.